The molecule has 0 unspecified atom stereocenters. The van der Waals surface area contributed by atoms with Gasteiger partial charge >= 0.3 is 25.7 Å². The minimum absolute atomic E-state index is 0.595. The molecule has 0 rings (SSSR count). The molecule has 0 bridgehead atoms. The summed E-state index contributed by atoms with van der Waals surface area (Å²) >= 11 is -2.00. The molecule has 0 radical (unpaired) electrons. The van der Waals surface area contributed by atoms with E-state index in [0.717, 1.165) is 11.8 Å². The van der Waals surface area contributed by atoms with Crippen LogP contribution in [-0.2, 0) is 25.7 Å². The van der Waals surface area contributed by atoms with E-state index in [4.69, 9.17) is 6.65 Å². The summed E-state index contributed by atoms with van der Waals surface area (Å²) in [5.41, 5.74) is 0.595. The van der Waals surface area contributed by atoms with Gasteiger partial charge in [0.2, 0.25) is 0 Å². The fraction of sp³-hybridized carbons (Fsp3) is 1.00. The molecule has 0 saturated carbocycles. The first-order valence-electron chi connectivity index (χ1n) is 7.30. The zero-order valence-electron chi connectivity index (χ0n) is 13.2. The SMILES string of the molecule is CCCCCC(C)(CC(C)C)CC(C)C.[O]=[Ti]=[O]. The van der Waals surface area contributed by atoms with Crippen molar-refractivity contribution < 1.29 is 25.7 Å². The number of rotatable bonds is 8. The topological polar surface area (TPSA) is 34.1 Å². The number of unbranched alkanes of at least 4 members (excludes halogenated alkanes) is 2. The third kappa shape index (κ3) is 14.4. The normalized spacial score (nSPS) is 11.1. The van der Waals surface area contributed by atoms with Gasteiger partial charge in [-0.2, -0.15) is 0 Å². The Labute approximate surface area is 123 Å². The van der Waals surface area contributed by atoms with E-state index in [0.29, 0.717) is 5.41 Å². The molecule has 0 aliphatic rings. The van der Waals surface area contributed by atoms with Crippen molar-refractivity contribution in [3.05, 3.63) is 0 Å². The molecule has 0 N–H and O–H groups in total. The van der Waals surface area contributed by atoms with Crippen LogP contribution in [0.5, 0.6) is 0 Å². The zero-order chi connectivity index (χ0) is 14.6. The summed E-state index contributed by atoms with van der Waals surface area (Å²) in [6, 6.07) is 0. The molecule has 108 valence electrons. The van der Waals surface area contributed by atoms with E-state index >= 15 is 0 Å². The van der Waals surface area contributed by atoms with Gasteiger partial charge < -0.3 is 0 Å². The van der Waals surface area contributed by atoms with Crippen LogP contribution in [0.25, 0.3) is 0 Å². The Bertz CT molecular complexity index is 209. The number of hydrogen-bond donors (Lipinski definition) is 0. The van der Waals surface area contributed by atoms with Crippen molar-refractivity contribution in [1.82, 2.24) is 0 Å². The zero-order valence-corrected chi connectivity index (χ0v) is 14.8. The molecule has 0 heterocycles. The molecule has 0 aromatic carbocycles. The molecule has 0 fully saturated rings. The predicted molar refractivity (Wildman–Crippen MR) is 72.5 cm³/mol. The maximum atomic E-state index is 8.50. The molecule has 0 aliphatic heterocycles. The van der Waals surface area contributed by atoms with Crippen molar-refractivity contribution in [3.63, 3.8) is 0 Å². The minimum atomic E-state index is -2.00. The van der Waals surface area contributed by atoms with Crippen molar-refractivity contribution in [2.45, 2.75) is 80.1 Å². The second kappa shape index (κ2) is 12.4. The fourth-order valence-corrected chi connectivity index (χ4v) is 3.06. The van der Waals surface area contributed by atoms with Crippen molar-refractivity contribution in [1.29, 1.82) is 0 Å². The summed E-state index contributed by atoms with van der Waals surface area (Å²) in [4.78, 5) is 0. The van der Waals surface area contributed by atoms with Gasteiger partial charge in [0, 0.05) is 0 Å². The Kier molecular flexibility index (Phi) is 14.2. The van der Waals surface area contributed by atoms with Crippen LogP contribution < -0.4 is 0 Å². The van der Waals surface area contributed by atoms with E-state index in [-0.39, 0.29) is 0 Å². The van der Waals surface area contributed by atoms with Gasteiger partial charge in [-0.05, 0) is 36.5 Å². The molecule has 0 aliphatic carbocycles. The summed E-state index contributed by atoms with van der Waals surface area (Å²) in [7, 11) is 0. The molecule has 0 spiro atoms. The molecule has 0 amide bonds. The first-order valence-corrected chi connectivity index (χ1v) is 8.58. The average molecular weight is 292 g/mol. The third-order valence-electron chi connectivity index (χ3n) is 3.19. The van der Waals surface area contributed by atoms with Gasteiger partial charge in [0.05, 0.1) is 0 Å². The van der Waals surface area contributed by atoms with Crippen molar-refractivity contribution in [2.75, 3.05) is 0 Å². The van der Waals surface area contributed by atoms with Crippen LogP contribution in [0.2, 0.25) is 0 Å². The Morgan fingerprint density at radius 1 is 0.944 bits per heavy atom. The summed E-state index contributed by atoms with van der Waals surface area (Å²) in [5, 5.41) is 0. The number of hydrogen-bond acceptors (Lipinski definition) is 2. The quantitative estimate of drug-likeness (QED) is 0.442. The van der Waals surface area contributed by atoms with E-state index < -0.39 is 19.1 Å². The molecular formula is C15H32O2Ti. The van der Waals surface area contributed by atoms with E-state index in [1.165, 1.54) is 38.5 Å². The van der Waals surface area contributed by atoms with E-state index in [9.17, 15) is 0 Å². The Hall–Kier alpha value is 0.314. The maximum absolute atomic E-state index is 8.50. The summed E-state index contributed by atoms with van der Waals surface area (Å²) < 4.78 is 17.0. The monoisotopic (exact) mass is 292 g/mol. The first kappa shape index (κ1) is 20.6. The van der Waals surface area contributed by atoms with Crippen LogP contribution in [0.4, 0.5) is 0 Å². The predicted octanol–water partition coefficient (Wildman–Crippen LogP) is 5.43. The molecule has 0 saturated heterocycles. The van der Waals surface area contributed by atoms with Gasteiger partial charge in [-0.25, -0.2) is 0 Å². The van der Waals surface area contributed by atoms with Gasteiger partial charge in [-0.3, -0.25) is 0 Å². The van der Waals surface area contributed by atoms with Gasteiger partial charge in [-0.1, -0.05) is 60.8 Å². The standard InChI is InChI=1S/C15H32.2O.Ti/c1-7-8-9-10-15(6,11-13(2)3)12-14(4)5;;;/h13-14H,7-12H2,1-6H3;;;. The van der Waals surface area contributed by atoms with Gasteiger partial charge in [0.1, 0.15) is 0 Å². The van der Waals surface area contributed by atoms with Crippen LogP contribution in [0.15, 0.2) is 0 Å². The van der Waals surface area contributed by atoms with Gasteiger partial charge in [-0.15, -0.1) is 0 Å². The van der Waals surface area contributed by atoms with E-state index in [2.05, 4.69) is 41.5 Å². The second-order valence-corrected chi connectivity index (χ2v) is 6.81. The molecule has 18 heavy (non-hydrogen) atoms. The van der Waals surface area contributed by atoms with E-state index in [1.54, 1.807) is 0 Å². The van der Waals surface area contributed by atoms with Crippen LogP contribution in [0.3, 0.4) is 0 Å². The molecule has 2 nitrogen and oxygen atoms in total. The van der Waals surface area contributed by atoms with Crippen LogP contribution in [0, 0.1) is 17.3 Å². The summed E-state index contributed by atoms with van der Waals surface area (Å²) in [5.74, 6) is 1.69. The molecule has 0 aromatic heterocycles. The van der Waals surface area contributed by atoms with Crippen LogP contribution in [0.1, 0.15) is 80.1 Å². The fourth-order valence-electron chi connectivity index (χ4n) is 3.06. The van der Waals surface area contributed by atoms with Crippen molar-refractivity contribution in [2.24, 2.45) is 17.3 Å². The molecule has 0 atom stereocenters. The summed E-state index contributed by atoms with van der Waals surface area (Å²) in [6.07, 6.45) is 8.40. The van der Waals surface area contributed by atoms with Crippen LogP contribution in [-0.4, -0.2) is 0 Å². The van der Waals surface area contributed by atoms with Crippen LogP contribution >= 0.6 is 0 Å². The van der Waals surface area contributed by atoms with Crippen molar-refractivity contribution >= 4 is 0 Å². The molecular weight excluding hydrogens is 260 g/mol. The Balaban J connectivity index is 0. The van der Waals surface area contributed by atoms with Crippen molar-refractivity contribution in [3.8, 4) is 0 Å². The first-order chi connectivity index (χ1) is 8.31. The van der Waals surface area contributed by atoms with Gasteiger partial charge in [0.25, 0.3) is 0 Å². The molecule has 3 heteroatoms. The van der Waals surface area contributed by atoms with E-state index in [1.807, 2.05) is 0 Å². The Morgan fingerprint density at radius 2 is 1.33 bits per heavy atom. The Morgan fingerprint density at radius 3 is 1.61 bits per heavy atom. The third-order valence-corrected chi connectivity index (χ3v) is 3.19. The molecule has 0 aromatic rings. The summed E-state index contributed by atoms with van der Waals surface area (Å²) in [6.45, 7) is 14.2. The second-order valence-electron chi connectivity index (χ2n) is 6.55. The average Bonchev–Trinajstić information content (AvgIpc) is 2.16. The van der Waals surface area contributed by atoms with Gasteiger partial charge in [0.15, 0.2) is 0 Å².